The highest BCUT2D eigenvalue weighted by Gasteiger charge is 2.43. The van der Waals surface area contributed by atoms with Crippen LogP contribution in [0.15, 0.2) is 48.5 Å². The fourth-order valence-corrected chi connectivity index (χ4v) is 5.25. The second kappa shape index (κ2) is 16.4. The van der Waals surface area contributed by atoms with Crippen LogP contribution in [0.4, 0.5) is 0 Å². The first-order valence-corrected chi connectivity index (χ1v) is 15.1. The highest BCUT2D eigenvalue weighted by atomic mass is 16.5. The summed E-state index contributed by atoms with van der Waals surface area (Å²) in [4.78, 5) is 12.1. The lowest BCUT2D eigenvalue weighted by atomic mass is 9.79. The minimum Gasteiger partial charge on any atom is -0.494 e. The number of rotatable bonds is 19. The molecule has 0 unspecified atom stereocenters. The van der Waals surface area contributed by atoms with E-state index in [1.54, 1.807) is 0 Å². The van der Waals surface area contributed by atoms with Crippen molar-refractivity contribution in [1.29, 1.82) is 0 Å². The van der Waals surface area contributed by atoms with Crippen molar-refractivity contribution in [3.8, 4) is 11.5 Å². The van der Waals surface area contributed by atoms with E-state index in [1.165, 1.54) is 64.2 Å². The largest absolute Gasteiger partial charge is 0.494 e. The third kappa shape index (κ3) is 9.04. The van der Waals surface area contributed by atoms with Crippen LogP contribution in [0.1, 0.15) is 115 Å². The minimum atomic E-state index is -1.33. The van der Waals surface area contributed by atoms with Gasteiger partial charge in [0.1, 0.15) is 17.1 Å². The predicted molar refractivity (Wildman–Crippen MR) is 155 cm³/mol. The van der Waals surface area contributed by atoms with Gasteiger partial charge in [-0.2, -0.15) is 0 Å². The summed E-state index contributed by atoms with van der Waals surface area (Å²) in [5.74, 6) is 1.59. The Morgan fingerprint density at radius 1 is 0.711 bits per heavy atom. The van der Waals surface area contributed by atoms with Crippen molar-refractivity contribution in [3.63, 3.8) is 0 Å². The Hall–Kier alpha value is -2.53. The molecule has 2 aromatic rings. The number of nitrogens with one attached hydrogen (secondary N) is 1. The summed E-state index contributed by atoms with van der Waals surface area (Å²) in [6, 6.07) is 15.0. The molecule has 0 radical (unpaired) electrons. The van der Waals surface area contributed by atoms with E-state index in [9.17, 15) is 9.90 Å². The van der Waals surface area contributed by atoms with Gasteiger partial charge in [0.05, 0.1) is 19.3 Å². The zero-order valence-corrected chi connectivity index (χ0v) is 23.7. The molecule has 5 heteroatoms. The lowest BCUT2D eigenvalue weighted by molar-refractivity contribution is -0.120. The molecule has 0 spiro atoms. The van der Waals surface area contributed by atoms with Crippen molar-refractivity contribution in [2.45, 2.75) is 115 Å². The van der Waals surface area contributed by atoms with E-state index in [-0.39, 0.29) is 11.9 Å². The second-order valence-corrected chi connectivity index (χ2v) is 10.7. The van der Waals surface area contributed by atoms with Crippen molar-refractivity contribution in [3.05, 3.63) is 59.7 Å². The smallest absolute Gasteiger partial charge is 0.220 e. The Morgan fingerprint density at radius 3 is 1.53 bits per heavy atom. The Morgan fingerprint density at radius 2 is 1.13 bits per heavy atom. The zero-order chi connectivity index (χ0) is 27.1. The van der Waals surface area contributed by atoms with Gasteiger partial charge in [-0.25, -0.2) is 0 Å². The summed E-state index contributed by atoms with van der Waals surface area (Å²) < 4.78 is 11.9. The maximum atomic E-state index is 12.1. The zero-order valence-electron chi connectivity index (χ0n) is 23.7. The van der Waals surface area contributed by atoms with Gasteiger partial charge in [0, 0.05) is 6.42 Å². The average Bonchev–Trinajstić information content (AvgIpc) is 3.39. The lowest BCUT2D eigenvalue weighted by Gasteiger charge is -2.35. The van der Waals surface area contributed by atoms with Gasteiger partial charge in [-0.3, -0.25) is 4.79 Å². The van der Waals surface area contributed by atoms with Gasteiger partial charge >= 0.3 is 0 Å². The van der Waals surface area contributed by atoms with Crippen molar-refractivity contribution in [1.82, 2.24) is 5.32 Å². The second-order valence-electron chi connectivity index (χ2n) is 10.7. The normalized spacial score (nSPS) is 15.4. The van der Waals surface area contributed by atoms with Gasteiger partial charge in [0.15, 0.2) is 0 Å². The van der Waals surface area contributed by atoms with Gasteiger partial charge in [0.2, 0.25) is 5.91 Å². The molecular formula is C33H49NO4. The van der Waals surface area contributed by atoms with E-state index in [0.717, 1.165) is 35.5 Å². The molecule has 0 bridgehead atoms. The molecular weight excluding hydrogens is 474 g/mol. The van der Waals surface area contributed by atoms with E-state index >= 15 is 0 Å². The minimum absolute atomic E-state index is 0.0220. The molecule has 0 saturated carbocycles. The van der Waals surface area contributed by atoms with Gasteiger partial charge < -0.3 is 19.9 Å². The highest BCUT2D eigenvalue weighted by molar-refractivity contribution is 5.79. The summed E-state index contributed by atoms with van der Waals surface area (Å²) in [7, 11) is 0. The number of carbonyl (C=O) groups is 1. The third-order valence-corrected chi connectivity index (χ3v) is 7.62. The summed E-state index contributed by atoms with van der Waals surface area (Å²) in [5, 5.41) is 15.1. The Bertz CT molecular complexity index is 864. The molecule has 2 aromatic carbocycles. The van der Waals surface area contributed by atoms with Crippen LogP contribution in [-0.2, 0) is 10.4 Å². The molecule has 1 saturated heterocycles. The molecule has 0 aromatic heterocycles. The van der Waals surface area contributed by atoms with Gasteiger partial charge in [-0.1, -0.05) is 102 Å². The van der Waals surface area contributed by atoms with Crippen LogP contribution in [0.3, 0.4) is 0 Å². The molecule has 1 aliphatic rings. The number of ether oxygens (including phenoxy) is 2. The predicted octanol–water partition coefficient (Wildman–Crippen LogP) is 7.68. The maximum absolute atomic E-state index is 12.1. The molecule has 1 aliphatic heterocycles. The monoisotopic (exact) mass is 523 g/mol. The van der Waals surface area contributed by atoms with Crippen molar-refractivity contribution in [2.24, 2.45) is 0 Å². The standard InChI is InChI=1S/C33H49NO4/c1-3-5-7-9-11-13-25-37-29-19-15-27(16-20-29)33(36,31-23-24-32(35)34-31)28-17-21-30(22-18-28)38-26-14-12-10-8-6-4-2/h15-22,31,36H,3-14,23-26H2,1-2H3,(H,34,35)/t31-/m0/s1. The van der Waals surface area contributed by atoms with Crippen LogP contribution in [-0.4, -0.2) is 30.3 Å². The van der Waals surface area contributed by atoms with E-state index in [1.807, 2.05) is 48.5 Å². The number of hydrogen-bond donors (Lipinski definition) is 2. The lowest BCUT2D eigenvalue weighted by Crippen LogP contribution is -2.47. The summed E-state index contributed by atoms with van der Waals surface area (Å²) in [6.07, 6.45) is 15.8. The molecule has 2 N–H and O–H groups in total. The molecule has 210 valence electrons. The molecule has 5 nitrogen and oxygen atoms in total. The van der Waals surface area contributed by atoms with Crippen LogP contribution in [0.2, 0.25) is 0 Å². The molecule has 1 heterocycles. The van der Waals surface area contributed by atoms with Crippen molar-refractivity contribution < 1.29 is 19.4 Å². The number of aliphatic hydroxyl groups is 1. The number of benzene rings is 2. The number of unbranched alkanes of at least 4 members (excludes halogenated alkanes) is 10. The Labute approximate surface area is 230 Å². The van der Waals surface area contributed by atoms with Crippen molar-refractivity contribution >= 4 is 5.91 Å². The van der Waals surface area contributed by atoms with Crippen molar-refractivity contribution in [2.75, 3.05) is 13.2 Å². The van der Waals surface area contributed by atoms with E-state index < -0.39 is 5.60 Å². The van der Waals surface area contributed by atoms with Gasteiger partial charge in [0.25, 0.3) is 0 Å². The fourth-order valence-electron chi connectivity index (χ4n) is 5.25. The first kappa shape index (κ1) is 30.0. The third-order valence-electron chi connectivity index (χ3n) is 7.62. The fraction of sp³-hybridized carbons (Fsp3) is 0.606. The first-order valence-electron chi connectivity index (χ1n) is 15.1. The van der Waals surface area contributed by atoms with Crippen LogP contribution >= 0.6 is 0 Å². The van der Waals surface area contributed by atoms with E-state index in [2.05, 4.69) is 19.2 Å². The SMILES string of the molecule is CCCCCCCCOc1ccc(C(O)(c2ccc(OCCCCCCCC)cc2)[C@@H]2CCC(=O)N2)cc1. The molecule has 0 aliphatic carbocycles. The highest BCUT2D eigenvalue weighted by Crippen LogP contribution is 2.38. The topological polar surface area (TPSA) is 67.8 Å². The Kier molecular flexibility index (Phi) is 13.0. The van der Waals surface area contributed by atoms with Gasteiger partial charge in [-0.15, -0.1) is 0 Å². The molecule has 1 atom stereocenters. The van der Waals surface area contributed by atoms with E-state index in [4.69, 9.17) is 9.47 Å². The average molecular weight is 524 g/mol. The molecule has 3 rings (SSSR count). The Balaban J connectivity index is 1.60. The first-order chi connectivity index (χ1) is 18.6. The summed E-state index contributed by atoms with van der Waals surface area (Å²) in [5.41, 5.74) is 0.164. The van der Waals surface area contributed by atoms with Crippen LogP contribution < -0.4 is 14.8 Å². The van der Waals surface area contributed by atoms with E-state index in [0.29, 0.717) is 26.1 Å². The van der Waals surface area contributed by atoms with Crippen LogP contribution in [0.5, 0.6) is 11.5 Å². The maximum Gasteiger partial charge on any atom is 0.220 e. The number of carbonyl (C=O) groups excluding carboxylic acids is 1. The molecule has 1 fully saturated rings. The molecule has 1 amide bonds. The quantitative estimate of drug-likeness (QED) is 0.185. The summed E-state index contributed by atoms with van der Waals surface area (Å²) in [6.45, 7) is 5.87. The van der Waals surface area contributed by atoms with Crippen LogP contribution in [0.25, 0.3) is 0 Å². The van der Waals surface area contributed by atoms with Gasteiger partial charge in [-0.05, 0) is 54.7 Å². The number of amides is 1. The summed E-state index contributed by atoms with van der Waals surface area (Å²) >= 11 is 0. The van der Waals surface area contributed by atoms with Crippen LogP contribution in [0, 0.1) is 0 Å². The number of hydrogen-bond acceptors (Lipinski definition) is 4. The molecule has 38 heavy (non-hydrogen) atoms.